The lowest BCUT2D eigenvalue weighted by molar-refractivity contribution is 0.186. The maximum Gasteiger partial charge on any atom is 0.203 e. The van der Waals surface area contributed by atoms with Crippen molar-refractivity contribution in [2.24, 2.45) is 0 Å². The van der Waals surface area contributed by atoms with Gasteiger partial charge in [-0.25, -0.2) is 4.98 Å². The maximum absolute atomic E-state index is 5.40. The first kappa shape index (κ1) is 11.4. The Morgan fingerprint density at radius 3 is 3.25 bits per heavy atom. The summed E-state index contributed by atoms with van der Waals surface area (Å²) in [6.45, 7) is 5.11. The van der Waals surface area contributed by atoms with Crippen molar-refractivity contribution in [3.8, 4) is 0 Å². The van der Waals surface area contributed by atoms with Gasteiger partial charge in [-0.3, -0.25) is 0 Å². The van der Waals surface area contributed by atoms with E-state index in [0.717, 1.165) is 37.8 Å². The van der Waals surface area contributed by atoms with E-state index in [4.69, 9.17) is 9.47 Å². The van der Waals surface area contributed by atoms with Crippen LogP contribution in [0.4, 0.5) is 5.95 Å². The van der Waals surface area contributed by atoms with Crippen molar-refractivity contribution in [1.82, 2.24) is 9.55 Å². The molecule has 90 valence electrons. The number of imidazole rings is 1. The molecule has 1 aliphatic rings. The van der Waals surface area contributed by atoms with Crippen LogP contribution in [0.25, 0.3) is 0 Å². The van der Waals surface area contributed by atoms with Crippen LogP contribution < -0.4 is 5.32 Å². The summed E-state index contributed by atoms with van der Waals surface area (Å²) in [6, 6.07) is 0.422. The zero-order valence-electron chi connectivity index (χ0n) is 9.90. The SMILES string of the molecule is COCCNc1nc(C)cn1C1CCOC1. The summed E-state index contributed by atoms with van der Waals surface area (Å²) in [7, 11) is 1.70. The third-order valence-corrected chi connectivity index (χ3v) is 2.74. The number of aromatic nitrogens is 2. The van der Waals surface area contributed by atoms with Gasteiger partial charge in [-0.1, -0.05) is 0 Å². The molecule has 0 saturated carbocycles. The topological polar surface area (TPSA) is 48.3 Å². The normalized spacial score (nSPS) is 20.2. The molecule has 0 radical (unpaired) electrons. The van der Waals surface area contributed by atoms with Crippen molar-refractivity contribution >= 4 is 5.95 Å². The fraction of sp³-hybridized carbons (Fsp3) is 0.727. The molecule has 0 aromatic carbocycles. The summed E-state index contributed by atoms with van der Waals surface area (Å²) in [4.78, 5) is 4.47. The average molecular weight is 225 g/mol. The van der Waals surface area contributed by atoms with E-state index in [1.807, 2.05) is 6.92 Å². The van der Waals surface area contributed by atoms with Crippen LogP contribution >= 0.6 is 0 Å². The molecule has 5 heteroatoms. The summed E-state index contributed by atoms with van der Waals surface area (Å²) in [5, 5.41) is 3.28. The summed E-state index contributed by atoms with van der Waals surface area (Å²) in [5.41, 5.74) is 1.03. The molecule has 2 rings (SSSR count). The minimum Gasteiger partial charge on any atom is -0.383 e. The van der Waals surface area contributed by atoms with E-state index in [2.05, 4.69) is 21.1 Å². The number of ether oxygens (including phenoxy) is 2. The van der Waals surface area contributed by atoms with Crippen molar-refractivity contribution in [1.29, 1.82) is 0 Å². The Bertz CT molecular complexity index is 332. The Kier molecular flexibility index (Phi) is 3.79. The molecule has 1 aliphatic heterocycles. The first-order valence-electron chi connectivity index (χ1n) is 5.67. The second-order valence-electron chi connectivity index (χ2n) is 4.05. The van der Waals surface area contributed by atoms with Gasteiger partial charge in [0.25, 0.3) is 0 Å². The molecule has 0 bridgehead atoms. The summed E-state index contributed by atoms with van der Waals surface area (Å²) < 4.78 is 12.6. The van der Waals surface area contributed by atoms with Crippen LogP contribution in [0.5, 0.6) is 0 Å². The Balaban J connectivity index is 2.04. The van der Waals surface area contributed by atoms with E-state index in [9.17, 15) is 0 Å². The molecule has 1 unspecified atom stereocenters. The summed E-state index contributed by atoms with van der Waals surface area (Å²) >= 11 is 0. The van der Waals surface area contributed by atoms with Gasteiger partial charge in [0.2, 0.25) is 5.95 Å². The molecule has 1 aromatic rings. The fourth-order valence-corrected chi connectivity index (χ4v) is 1.93. The van der Waals surface area contributed by atoms with E-state index < -0.39 is 0 Å². The zero-order chi connectivity index (χ0) is 11.4. The van der Waals surface area contributed by atoms with Gasteiger partial charge in [0, 0.05) is 26.5 Å². The van der Waals surface area contributed by atoms with Gasteiger partial charge in [0.1, 0.15) is 0 Å². The molecule has 2 heterocycles. The van der Waals surface area contributed by atoms with Crippen molar-refractivity contribution in [2.45, 2.75) is 19.4 Å². The fourth-order valence-electron chi connectivity index (χ4n) is 1.93. The first-order chi connectivity index (χ1) is 7.81. The quantitative estimate of drug-likeness (QED) is 0.765. The molecule has 5 nitrogen and oxygen atoms in total. The van der Waals surface area contributed by atoms with Crippen LogP contribution in [0.3, 0.4) is 0 Å². The number of hydrogen-bond donors (Lipinski definition) is 1. The molecule has 0 spiro atoms. The van der Waals surface area contributed by atoms with Crippen molar-refractivity contribution < 1.29 is 9.47 Å². The van der Waals surface area contributed by atoms with Crippen molar-refractivity contribution in [3.63, 3.8) is 0 Å². The van der Waals surface area contributed by atoms with Crippen LogP contribution in [0.1, 0.15) is 18.2 Å². The highest BCUT2D eigenvalue weighted by Gasteiger charge is 2.20. The molecule has 1 fully saturated rings. The van der Waals surface area contributed by atoms with Gasteiger partial charge in [-0.15, -0.1) is 0 Å². The molecular formula is C11H19N3O2. The monoisotopic (exact) mass is 225 g/mol. The number of nitrogens with one attached hydrogen (secondary N) is 1. The molecule has 16 heavy (non-hydrogen) atoms. The molecule has 1 atom stereocenters. The number of nitrogens with zero attached hydrogens (tertiary/aromatic N) is 2. The minimum absolute atomic E-state index is 0.422. The smallest absolute Gasteiger partial charge is 0.203 e. The Morgan fingerprint density at radius 1 is 1.69 bits per heavy atom. The van der Waals surface area contributed by atoms with Crippen molar-refractivity contribution in [2.75, 3.05) is 38.8 Å². The van der Waals surface area contributed by atoms with Gasteiger partial charge >= 0.3 is 0 Å². The average Bonchev–Trinajstić information content (AvgIpc) is 2.87. The van der Waals surface area contributed by atoms with E-state index in [-0.39, 0.29) is 0 Å². The Labute approximate surface area is 95.8 Å². The van der Waals surface area contributed by atoms with Gasteiger partial charge in [0.15, 0.2) is 0 Å². The molecule has 1 aromatic heterocycles. The summed E-state index contributed by atoms with van der Waals surface area (Å²) in [6.07, 6.45) is 3.14. The van der Waals surface area contributed by atoms with Gasteiger partial charge in [0.05, 0.1) is 24.9 Å². The molecular weight excluding hydrogens is 206 g/mol. The van der Waals surface area contributed by atoms with E-state index in [0.29, 0.717) is 12.6 Å². The van der Waals surface area contributed by atoms with Crippen LogP contribution in [0.15, 0.2) is 6.20 Å². The van der Waals surface area contributed by atoms with Gasteiger partial charge < -0.3 is 19.4 Å². The van der Waals surface area contributed by atoms with Crippen LogP contribution in [-0.2, 0) is 9.47 Å². The third kappa shape index (κ3) is 2.54. The number of rotatable bonds is 5. The molecule has 0 amide bonds. The lowest BCUT2D eigenvalue weighted by atomic mass is 10.2. The predicted octanol–water partition coefficient (Wildman–Crippen LogP) is 1.21. The van der Waals surface area contributed by atoms with Crippen molar-refractivity contribution in [3.05, 3.63) is 11.9 Å². The minimum atomic E-state index is 0.422. The van der Waals surface area contributed by atoms with Crippen LogP contribution in [-0.4, -0.2) is 43.0 Å². The van der Waals surface area contributed by atoms with Crippen LogP contribution in [0.2, 0.25) is 0 Å². The molecule has 0 aliphatic carbocycles. The Morgan fingerprint density at radius 2 is 2.56 bits per heavy atom. The molecule has 1 N–H and O–H groups in total. The Hall–Kier alpha value is -1.07. The zero-order valence-corrected chi connectivity index (χ0v) is 9.90. The van der Waals surface area contributed by atoms with Gasteiger partial charge in [-0.05, 0) is 13.3 Å². The van der Waals surface area contributed by atoms with E-state index >= 15 is 0 Å². The van der Waals surface area contributed by atoms with E-state index in [1.54, 1.807) is 7.11 Å². The van der Waals surface area contributed by atoms with Gasteiger partial charge in [-0.2, -0.15) is 0 Å². The highest BCUT2D eigenvalue weighted by molar-refractivity contribution is 5.29. The van der Waals surface area contributed by atoms with E-state index in [1.165, 1.54) is 0 Å². The number of anilines is 1. The lowest BCUT2D eigenvalue weighted by Crippen LogP contribution is -2.15. The first-order valence-corrected chi connectivity index (χ1v) is 5.67. The number of aryl methyl sites for hydroxylation is 1. The third-order valence-electron chi connectivity index (χ3n) is 2.74. The largest absolute Gasteiger partial charge is 0.383 e. The molecule has 1 saturated heterocycles. The highest BCUT2D eigenvalue weighted by atomic mass is 16.5. The predicted molar refractivity (Wildman–Crippen MR) is 61.8 cm³/mol. The number of methoxy groups -OCH3 is 1. The number of hydrogen-bond acceptors (Lipinski definition) is 4. The lowest BCUT2D eigenvalue weighted by Gasteiger charge is -2.14. The highest BCUT2D eigenvalue weighted by Crippen LogP contribution is 2.23. The standard InChI is InChI=1S/C11H19N3O2/c1-9-7-14(10-3-5-16-8-10)11(13-9)12-4-6-15-2/h7,10H,3-6,8H2,1-2H3,(H,12,13). The second-order valence-corrected chi connectivity index (χ2v) is 4.05. The van der Waals surface area contributed by atoms with Crippen LogP contribution in [0, 0.1) is 6.92 Å². The summed E-state index contributed by atoms with van der Waals surface area (Å²) in [5.74, 6) is 0.921. The second kappa shape index (κ2) is 5.32. The maximum atomic E-state index is 5.40.